The van der Waals surface area contributed by atoms with Crippen molar-refractivity contribution < 1.29 is 28.5 Å². The molecule has 0 radical (unpaired) electrons. The summed E-state index contributed by atoms with van der Waals surface area (Å²) in [6.07, 6.45) is 5.31. The summed E-state index contributed by atoms with van der Waals surface area (Å²) in [6.45, 7) is 1.71. The van der Waals surface area contributed by atoms with Crippen molar-refractivity contribution in [1.29, 1.82) is 0 Å². The second-order valence-electron chi connectivity index (χ2n) is 6.72. The van der Waals surface area contributed by atoms with E-state index in [1.165, 1.54) is 27.4 Å². The number of fused-ring (bicyclic) bond motifs is 1. The van der Waals surface area contributed by atoms with Crippen molar-refractivity contribution in [2.45, 2.75) is 13.3 Å². The van der Waals surface area contributed by atoms with E-state index in [9.17, 15) is 9.59 Å². The van der Waals surface area contributed by atoms with Gasteiger partial charge in [-0.15, -0.1) is 0 Å². The molecule has 0 saturated heterocycles. The first-order valence-corrected chi connectivity index (χ1v) is 9.79. The fourth-order valence-electron chi connectivity index (χ4n) is 3.37. The zero-order chi connectivity index (χ0) is 22.4. The number of para-hydroxylation sites is 1. The summed E-state index contributed by atoms with van der Waals surface area (Å²) >= 11 is 0. The SMILES string of the molecule is CCc1cccc2c(C(=O)COC(=O)/C=C/c3cc(OC)c(OC)c(OC)c3)c[nH]c12. The molecule has 0 aliphatic rings. The number of hydrogen-bond donors (Lipinski definition) is 1. The van der Waals surface area contributed by atoms with Gasteiger partial charge in [-0.3, -0.25) is 4.79 Å². The van der Waals surface area contributed by atoms with Crippen LogP contribution in [0.15, 0.2) is 42.6 Å². The number of ether oxygens (including phenoxy) is 4. The second kappa shape index (κ2) is 9.84. The second-order valence-corrected chi connectivity index (χ2v) is 6.72. The molecule has 0 amide bonds. The number of methoxy groups -OCH3 is 3. The fourth-order valence-corrected chi connectivity index (χ4v) is 3.37. The van der Waals surface area contributed by atoms with Crippen molar-refractivity contribution in [2.24, 2.45) is 0 Å². The Morgan fingerprint density at radius 3 is 2.35 bits per heavy atom. The summed E-state index contributed by atoms with van der Waals surface area (Å²) in [6, 6.07) is 9.21. The lowest BCUT2D eigenvalue weighted by Gasteiger charge is -2.12. The molecule has 1 N–H and O–H groups in total. The van der Waals surface area contributed by atoms with Crippen LogP contribution in [-0.4, -0.2) is 44.7 Å². The Kier molecular flexibility index (Phi) is 6.97. The molecule has 1 heterocycles. The lowest BCUT2D eigenvalue weighted by atomic mass is 10.1. The van der Waals surface area contributed by atoms with Gasteiger partial charge in [-0.25, -0.2) is 4.79 Å². The van der Waals surface area contributed by atoms with Gasteiger partial charge >= 0.3 is 5.97 Å². The summed E-state index contributed by atoms with van der Waals surface area (Å²) in [7, 11) is 4.54. The molecule has 1 aromatic heterocycles. The van der Waals surface area contributed by atoms with Crippen LogP contribution in [0.2, 0.25) is 0 Å². The van der Waals surface area contributed by atoms with Crippen LogP contribution in [0.5, 0.6) is 17.2 Å². The maximum absolute atomic E-state index is 12.6. The number of carbonyl (C=O) groups is 2. The normalized spacial score (nSPS) is 11.0. The Hall–Kier alpha value is -3.74. The third-order valence-electron chi connectivity index (χ3n) is 4.93. The van der Waals surface area contributed by atoms with Gasteiger partial charge in [-0.1, -0.05) is 25.1 Å². The molecule has 31 heavy (non-hydrogen) atoms. The standard InChI is InChI=1S/C24H25NO6/c1-5-16-7-6-8-17-18(13-25-23(16)17)19(26)14-31-22(27)10-9-15-11-20(28-2)24(30-4)21(12-15)29-3/h6-13,25H,5,14H2,1-4H3/b10-9+. The predicted octanol–water partition coefficient (Wildman–Crippen LogP) is 4.20. The molecule has 0 fully saturated rings. The molecule has 0 atom stereocenters. The smallest absolute Gasteiger partial charge is 0.331 e. The molecule has 0 unspecified atom stereocenters. The van der Waals surface area contributed by atoms with Gasteiger partial charge in [0.1, 0.15) is 0 Å². The number of Topliss-reactive ketones (excluding diaryl/α,β-unsaturated/α-hetero) is 1. The first-order chi connectivity index (χ1) is 15.0. The van der Waals surface area contributed by atoms with Crippen LogP contribution in [0.4, 0.5) is 0 Å². The molecule has 0 aliphatic heterocycles. The van der Waals surface area contributed by atoms with Gasteiger partial charge in [0, 0.05) is 28.7 Å². The molecule has 0 bridgehead atoms. The van der Waals surface area contributed by atoms with E-state index in [1.807, 2.05) is 18.2 Å². The van der Waals surface area contributed by atoms with Crippen LogP contribution in [0.1, 0.15) is 28.4 Å². The molecule has 7 nitrogen and oxygen atoms in total. The first-order valence-electron chi connectivity index (χ1n) is 9.79. The van der Waals surface area contributed by atoms with Gasteiger partial charge in [0.25, 0.3) is 0 Å². The van der Waals surface area contributed by atoms with E-state index < -0.39 is 5.97 Å². The van der Waals surface area contributed by atoms with Gasteiger partial charge in [-0.05, 0) is 35.8 Å². The average molecular weight is 423 g/mol. The fraction of sp³-hybridized carbons (Fsp3) is 0.250. The molecule has 0 aliphatic carbocycles. The quantitative estimate of drug-likeness (QED) is 0.315. The highest BCUT2D eigenvalue weighted by molar-refractivity contribution is 6.09. The summed E-state index contributed by atoms with van der Waals surface area (Å²) in [5.41, 5.74) is 3.22. The van der Waals surface area contributed by atoms with E-state index >= 15 is 0 Å². The van der Waals surface area contributed by atoms with E-state index in [1.54, 1.807) is 24.4 Å². The highest BCUT2D eigenvalue weighted by Crippen LogP contribution is 2.38. The van der Waals surface area contributed by atoms with Gasteiger partial charge < -0.3 is 23.9 Å². The Labute approximate surface area is 180 Å². The number of hydrogen-bond acceptors (Lipinski definition) is 6. The van der Waals surface area contributed by atoms with Crippen molar-refractivity contribution in [2.75, 3.05) is 27.9 Å². The summed E-state index contributed by atoms with van der Waals surface area (Å²) in [5, 5.41) is 0.827. The zero-order valence-corrected chi connectivity index (χ0v) is 18.0. The number of carbonyl (C=O) groups excluding carboxylic acids is 2. The summed E-state index contributed by atoms with van der Waals surface area (Å²) < 4.78 is 21.0. The van der Waals surface area contributed by atoms with Crippen LogP contribution < -0.4 is 14.2 Å². The Balaban J connectivity index is 1.68. The Bertz CT molecular complexity index is 1100. The number of aromatic amines is 1. The number of ketones is 1. The predicted molar refractivity (Wildman–Crippen MR) is 118 cm³/mol. The lowest BCUT2D eigenvalue weighted by molar-refractivity contribution is -0.136. The summed E-state index contributed by atoms with van der Waals surface area (Å²) in [5.74, 6) is 0.497. The third kappa shape index (κ3) is 4.71. The van der Waals surface area contributed by atoms with Crippen molar-refractivity contribution in [1.82, 2.24) is 4.98 Å². The number of aromatic nitrogens is 1. The van der Waals surface area contributed by atoms with E-state index in [-0.39, 0.29) is 12.4 Å². The minimum atomic E-state index is -0.629. The van der Waals surface area contributed by atoms with E-state index in [0.29, 0.717) is 28.4 Å². The third-order valence-corrected chi connectivity index (χ3v) is 4.93. The number of esters is 1. The first kappa shape index (κ1) is 22.0. The van der Waals surface area contributed by atoms with Gasteiger partial charge in [0.05, 0.1) is 21.3 Å². The lowest BCUT2D eigenvalue weighted by Crippen LogP contribution is -2.12. The van der Waals surface area contributed by atoms with Crippen LogP contribution >= 0.6 is 0 Å². The van der Waals surface area contributed by atoms with Gasteiger partial charge in [0.15, 0.2) is 18.1 Å². The Morgan fingerprint density at radius 2 is 1.74 bits per heavy atom. The minimum Gasteiger partial charge on any atom is -0.493 e. The van der Waals surface area contributed by atoms with Crippen LogP contribution in [0, 0.1) is 0 Å². The number of nitrogens with one attached hydrogen (secondary N) is 1. The molecular formula is C24H25NO6. The topological polar surface area (TPSA) is 86.9 Å². The summed E-state index contributed by atoms with van der Waals surface area (Å²) in [4.78, 5) is 27.8. The highest BCUT2D eigenvalue weighted by Gasteiger charge is 2.15. The Morgan fingerprint density at radius 1 is 1.03 bits per heavy atom. The molecule has 2 aromatic carbocycles. The van der Waals surface area contributed by atoms with E-state index in [0.717, 1.165) is 22.9 Å². The van der Waals surface area contributed by atoms with E-state index in [2.05, 4.69) is 11.9 Å². The molecular weight excluding hydrogens is 398 g/mol. The highest BCUT2D eigenvalue weighted by atomic mass is 16.5. The van der Waals surface area contributed by atoms with Crippen molar-refractivity contribution in [3.8, 4) is 17.2 Å². The average Bonchev–Trinajstić information content (AvgIpc) is 3.24. The van der Waals surface area contributed by atoms with Crippen LogP contribution in [0.25, 0.3) is 17.0 Å². The molecule has 0 spiro atoms. The molecule has 3 rings (SSSR count). The largest absolute Gasteiger partial charge is 0.493 e. The monoisotopic (exact) mass is 423 g/mol. The maximum Gasteiger partial charge on any atom is 0.331 e. The minimum absolute atomic E-state index is 0.269. The molecule has 7 heteroatoms. The van der Waals surface area contributed by atoms with Crippen LogP contribution in [0.3, 0.4) is 0 Å². The number of rotatable bonds is 9. The maximum atomic E-state index is 12.6. The van der Waals surface area contributed by atoms with Crippen LogP contribution in [-0.2, 0) is 16.0 Å². The number of H-pyrrole nitrogens is 1. The van der Waals surface area contributed by atoms with Crippen molar-refractivity contribution >= 4 is 28.7 Å². The zero-order valence-electron chi connectivity index (χ0n) is 18.0. The van der Waals surface area contributed by atoms with Gasteiger partial charge in [-0.2, -0.15) is 0 Å². The molecule has 0 saturated carbocycles. The number of benzene rings is 2. The molecule has 162 valence electrons. The van der Waals surface area contributed by atoms with E-state index in [4.69, 9.17) is 18.9 Å². The van der Waals surface area contributed by atoms with Gasteiger partial charge in [0.2, 0.25) is 11.5 Å². The van der Waals surface area contributed by atoms with Crippen molar-refractivity contribution in [3.05, 3.63) is 59.3 Å². The molecule has 3 aromatic rings. The number of aryl methyl sites for hydroxylation is 1. The van der Waals surface area contributed by atoms with Crippen molar-refractivity contribution in [3.63, 3.8) is 0 Å².